The lowest BCUT2D eigenvalue weighted by Crippen LogP contribution is -2.48. The van der Waals surface area contributed by atoms with Gasteiger partial charge in [-0.25, -0.2) is 9.97 Å². The van der Waals surface area contributed by atoms with Gasteiger partial charge in [-0.2, -0.15) is 5.10 Å². The number of piperidine rings is 2. The van der Waals surface area contributed by atoms with Crippen LogP contribution in [0.2, 0.25) is 5.02 Å². The molecule has 13 heteroatoms. The molecule has 5 heterocycles. The Balaban J connectivity index is 0.975. The van der Waals surface area contributed by atoms with Crippen LogP contribution in [0.5, 0.6) is 0 Å². The van der Waals surface area contributed by atoms with Gasteiger partial charge in [0.15, 0.2) is 0 Å². The van der Waals surface area contributed by atoms with Gasteiger partial charge in [0.25, 0.3) is 0 Å². The van der Waals surface area contributed by atoms with Crippen LogP contribution in [0, 0.1) is 0 Å². The van der Waals surface area contributed by atoms with Crippen molar-refractivity contribution in [1.82, 2.24) is 30.4 Å². The fourth-order valence-corrected chi connectivity index (χ4v) is 6.81. The summed E-state index contributed by atoms with van der Waals surface area (Å²) >= 11 is 7.06. The summed E-state index contributed by atoms with van der Waals surface area (Å²) in [5, 5.41) is 13.9. The van der Waals surface area contributed by atoms with E-state index >= 15 is 0 Å². The first kappa shape index (κ1) is 30.4. The number of aromatic nitrogens is 4. The molecule has 5 N–H and O–H groups in total. The van der Waals surface area contributed by atoms with Crippen LogP contribution < -0.4 is 26.2 Å². The number of carbonyl (C=O) groups excluding carboxylic acids is 2. The molecule has 2 amide bonds. The average molecular weight is 643 g/mol. The van der Waals surface area contributed by atoms with Gasteiger partial charge in [-0.1, -0.05) is 35.9 Å². The number of nitrogens with one attached hydrogen (secondary N) is 3. The van der Waals surface area contributed by atoms with Gasteiger partial charge in [0.1, 0.15) is 17.4 Å². The summed E-state index contributed by atoms with van der Waals surface area (Å²) in [5.41, 5.74) is 12.1. The van der Waals surface area contributed by atoms with Crippen LogP contribution in [0.4, 0.5) is 17.2 Å². The first-order valence-corrected chi connectivity index (χ1v) is 16.3. The second kappa shape index (κ2) is 12.5. The van der Waals surface area contributed by atoms with Gasteiger partial charge in [-0.05, 0) is 49.9 Å². The molecule has 12 nitrogen and oxygen atoms in total. The molecule has 0 aliphatic carbocycles. The molecule has 0 saturated carbocycles. The smallest absolute Gasteiger partial charge is 0.249 e. The van der Waals surface area contributed by atoms with Crippen molar-refractivity contribution in [1.29, 1.82) is 0 Å². The molecule has 0 spiro atoms. The van der Waals surface area contributed by atoms with Gasteiger partial charge >= 0.3 is 0 Å². The number of rotatable bonds is 7. The Hall–Kier alpha value is -4.26. The number of hydrogen-bond donors (Lipinski definition) is 4. The number of amides is 2. The molecule has 3 saturated heterocycles. The van der Waals surface area contributed by atoms with Crippen molar-refractivity contribution in [3.63, 3.8) is 0 Å². The fourth-order valence-electron chi connectivity index (χ4n) is 6.47. The predicted molar refractivity (Wildman–Crippen MR) is 180 cm³/mol. The number of piperazine rings is 1. The Labute approximate surface area is 272 Å². The lowest BCUT2D eigenvalue weighted by Gasteiger charge is -2.37. The van der Waals surface area contributed by atoms with Crippen molar-refractivity contribution in [2.75, 3.05) is 54.4 Å². The van der Waals surface area contributed by atoms with Crippen molar-refractivity contribution in [2.24, 2.45) is 5.73 Å². The second-order valence-corrected chi connectivity index (χ2v) is 13.3. The van der Waals surface area contributed by atoms with Crippen LogP contribution in [-0.2, 0) is 16.1 Å². The molecule has 2 aromatic carbocycles. The molecule has 7 rings (SSSR count). The molecule has 3 aliphatic rings. The van der Waals surface area contributed by atoms with Crippen LogP contribution in [0.25, 0.3) is 22.4 Å². The Kier molecular flexibility index (Phi) is 8.26. The monoisotopic (exact) mass is 642 g/mol. The van der Waals surface area contributed by atoms with Gasteiger partial charge < -0.3 is 20.9 Å². The largest absolute Gasteiger partial charge is 0.374 e. The second-order valence-electron chi connectivity index (χ2n) is 12.9. The summed E-state index contributed by atoms with van der Waals surface area (Å²) in [6, 6.07) is 13.9. The number of benzene rings is 2. The van der Waals surface area contributed by atoms with E-state index in [0.29, 0.717) is 29.0 Å². The molecule has 3 fully saturated rings. The number of carbonyl (C=O) groups is 2. The van der Waals surface area contributed by atoms with Crippen LogP contribution in [0.1, 0.15) is 38.2 Å². The van der Waals surface area contributed by atoms with Gasteiger partial charge in [-0.3, -0.25) is 24.9 Å². The number of H-pyrrole nitrogens is 1. The lowest BCUT2D eigenvalue weighted by molar-refractivity contribution is -0.133. The van der Waals surface area contributed by atoms with Crippen LogP contribution in [0.15, 0.2) is 48.7 Å². The van der Waals surface area contributed by atoms with Crippen molar-refractivity contribution in [2.45, 2.75) is 50.7 Å². The van der Waals surface area contributed by atoms with Gasteiger partial charge in [-0.15, -0.1) is 0 Å². The van der Waals surface area contributed by atoms with Crippen LogP contribution in [-0.4, -0.2) is 87.7 Å². The van der Waals surface area contributed by atoms with Gasteiger partial charge in [0, 0.05) is 69.0 Å². The predicted octanol–water partition coefficient (Wildman–Crippen LogP) is 3.53. The highest BCUT2D eigenvalue weighted by molar-refractivity contribution is 6.36. The topological polar surface area (TPSA) is 148 Å². The minimum atomic E-state index is -0.386. The van der Waals surface area contributed by atoms with Crippen LogP contribution >= 0.6 is 11.6 Å². The number of nitrogens with two attached hydrogens (primary N) is 1. The summed E-state index contributed by atoms with van der Waals surface area (Å²) in [6.07, 6.45) is 4.50. The van der Waals surface area contributed by atoms with Gasteiger partial charge in [0.2, 0.25) is 17.5 Å². The molecule has 1 atom stereocenters. The minimum absolute atomic E-state index is 0.131. The van der Waals surface area contributed by atoms with E-state index in [4.69, 9.17) is 27.3 Å². The van der Waals surface area contributed by atoms with E-state index < -0.39 is 0 Å². The zero-order valence-corrected chi connectivity index (χ0v) is 26.7. The normalized spacial score (nSPS) is 20.6. The van der Waals surface area contributed by atoms with Crippen molar-refractivity contribution < 1.29 is 9.59 Å². The number of imide groups is 1. The number of nitrogens with zero attached hydrogens (tertiary/aromatic N) is 6. The summed E-state index contributed by atoms with van der Waals surface area (Å²) < 4.78 is 0. The maximum absolute atomic E-state index is 12.1. The number of aromatic amines is 1. The molecule has 3 aliphatic heterocycles. The summed E-state index contributed by atoms with van der Waals surface area (Å²) in [4.78, 5) is 40.0. The molecule has 0 radical (unpaired) electrons. The maximum Gasteiger partial charge on any atom is 0.249 e. The number of anilines is 3. The molecular formula is C33H39ClN10O2. The molecule has 2 aromatic heterocycles. The quantitative estimate of drug-likeness (QED) is 0.221. The molecular weight excluding hydrogens is 604 g/mol. The summed E-state index contributed by atoms with van der Waals surface area (Å²) in [7, 11) is 0. The van der Waals surface area contributed by atoms with Crippen molar-refractivity contribution >= 4 is 51.8 Å². The van der Waals surface area contributed by atoms with Gasteiger partial charge in [0.05, 0.1) is 22.6 Å². The average Bonchev–Trinajstić information content (AvgIpc) is 3.47. The summed E-state index contributed by atoms with van der Waals surface area (Å²) in [6.45, 7) is 8.14. The molecule has 46 heavy (non-hydrogen) atoms. The van der Waals surface area contributed by atoms with E-state index in [1.54, 1.807) is 0 Å². The Morgan fingerprint density at radius 1 is 1.02 bits per heavy atom. The first-order chi connectivity index (χ1) is 22.2. The summed E-state index contributed by atoms with van der Waals surface area (Å²) in [5.74, 6) is 0.342. The minimum Gasteiger partial charge on any atom is -0.374 e. The Morgan fingerprint density at radius 2 is 1.78 bits per heavy atom. The third-order valence-corrected chi connectivity index (χ3v) is 9.78. The Morgan fingerprint density at radius 3 is 2.52 bits per heavy atom. The Bertz CT molecular complexity index is 1740. The lowest BCUT2D eigenvalue weighted by atomic mass is 9.91. The van der Waals surface area contributed by atoms with E-state index in [1.807, 2.05) is 30.5 Å². The van der Waals surface area contributed by atoms with Crippen LogP contribution in [0.3, 0.4) is 0 Å². The zero-order valence-electron chi connectivity index (χ0n) is 25.9. The van der Waals surface area contributed by atoms with Crippen molar-refractivity contribution in [3.8, 4) is 11.3 Å². The van der Waals surface area contributed by atoms with E-state index in [9.17, 15) is 9.59 Å². The first-order valence-electron chi connectivity index (χ1n) is 15.9. The highest BCUT2D eigenvalue weighted by atomic mass is 35.5. The number of fused-ring (bicyclic) bond motifs is 1. The fraction of sp³-hybridized carbons (Fsp3) is 0.424. The van der Waals surface area contributed by atoms with E-state index in [-0.39, 0.29) is 23.4 Å². The molecule has 4 aromatic rings. The SMILES string of the molecule is CC1(N)CCN(c2cnc3c(-c4cccc(N5CCN(Cc6ccc(NC7CCC(=O)NC7=O)cc6)CC5)c4Cl)[nH]nc3n2)CC1. The highest BCUT2D eigenvalue weighted by Gasteiger charge is 2.28. The number of halogens is 1. The maximum atomic E-state index is 12.1. The van der Waals surface area contributed by atoms with Crippen molar-refractivity contribution in [3.05, 3.63) is 59.2 Å². The molecule has 240 valence electrons. The standard InChI is InChI=1S/C33H39ClN10O2/c1-33(35)11-13-44(14-12-33)26-19-36-30-29(40-41-31(30)38-26)23-3-2-4-25(28(23)34)43-17-15-42(16-18-43)20-21-5-7-22(8-6-21)37-24-9-10-27(45)39-32(24)46/h2-8,19,24,37H,9-18,20,35H2,1H3,(H,38,40,41)(H,39,45,46). The third-order valence-electron chi connectivity index (χ3n) is 9.38. The van der Waals surface area contributed by atoms with E-state index in [2.05, 4.69) is 60.7 Å². The van der Waals surface area contributed by atoms with E-state index in [1.165, 1.54) is 5.56 Å². The highest BCUT2D eigenvalue weighted by Crippen LogP contribution is 2.38. The zero-order chi connectivity index (χ0) is 31.8. The number of hydrogen-bond acceptors (Lipinski definition) is 10. The molecule has 0 bridgehead atoms. The van der Waals surface area contributed by atoms with E-state index in [0.717, 1.165) is 87.1 Å². The molecule has 1 unspecified atom stereocenters. The third kappa shape index (κ3) is 6.37.